The highest BCUT2D eigenvalue weighted by atomic mass is 16.5. The van der Waals surface area contributed by atoms with Crippen LogP contribution in [0.15, 0.2) is 30.3 Å². The number of benzene rings is 2. The van der Waals surface area contributed by atoms with Crippen molar-refractivity contribution in [3.8, 4) is 23.0 Å². The van der Waals surface area contributed by atoms with Gasteiger partial charge in [-0.05, 0) is 31.2 Å². The van der Waals surface area contributed by atoms with Crippen molar-refractivity contribution < 1.29 is 33.3 Å². The SMILES string of the molecule is COc1ccc(C)cc1C(=O)CCC(=O)N1CCC2(CC1)CC(=O)c1ccc(OC)c(OC)c1O2. The molecule has 0 bridgehead atoms. The molecule has 0 aliphatic carbocycles. The molecule has 4 rings (SSSR count). The lowest BCUT2D eigenvalue weighted by atomic mass is 9.82. The summed E-state index contributed by atoms with van der Waals surface area (Å²) in [6, 6.07) is 8.83. The standard InChI is InChI=1S/C27H31NO7/c1-17-5-8-22(32-2)19(15-17)20(29)7-10-24(31)28-13-11-27(12-14-28)16-21(30)18-6-9-23(33-3)26(34-4)25(18)35-27/h5-6,8-9,15H,7,10-14,16H2,1-4H3. The average Bonchev–Trinajstić information content (AvgIpc) is 2.86. The summed E-state index contributed by atoms with van der Waals surface area (Å²) in [6.45, 7) is 2.82. The van der Waals surface area contributed by atoms with Crippen molar-refractivity contribution in [2.75, 3.05) is 34.4 Å². The molecule has 0 saturated carbocycles. The predicted octanol–water partition coefficient (Wildman–Crippen LogP) is 4.01. The molecule has 2 aliphatic heterocycles. The lowest BCUT2D eigenvalue weighted by molar-refractivity contribution is -0.134. The molecule has 2 aromatic rings. The lowest BCUT2D eigenvalue weighted by Gasteiger charge is -2.44. The van der Waals surface area contributed by atoms with Crippen LogP contribution in [0.2, 0.25) is 0 Å². The first-order chi connectivity index (χ1) is 16.8. The number of carbonyl (C=O) groups is 3. The normalized spacial score (nSPS) is 16.3. The van der Waals surface area contributed by atoms with Crippen LogP contribution < -0.4 is 18.9 Å². The first kappa shape index (κ1) is 24.6. The van der Waals surface area contributed by atoms with Crippen molar-refractivity contribution in [2.45, 2.75) is 44.6 Å². The molecule has 0 aromatic heterocycles. The number of nitrogens with zero attached hydrogens (tertiary/aromatic N) is 1. The summed E-state index contributed by atoms with van der Waals surface area (Å²) in [6.07, 6.45) is 1.52. The van der Waals surface area contributed by atoms with Gasteiger partial charge < -0.3 is 23.8 Å². The van der Waals surface area contributed by atoms with Gasteiger partial charge in [-0.1, -0.05) is 11.6 Å². The molecule has 2 aliphatic rings. The molecule has 8 heteroatoms. The van der Waals surface area contributed by atoms with E-state index in [1.165, 1.54) is 21.3 Å². The third kappa shape index (κ3) is 4.83. The van der Waals surface area contributed by atoms with Crippen molar-refractivity contribution in [3.63, 3.8) is 0 Å². The molecule has 1 amide bonds. The van der Waals surface area contributed by atoms with E-state index in [1.54, 1.807) is 29.2 Å². The number of hydrogen-bond donors (Lipinski definition) is 0. The van der Waals surface area contributed by atoms with Crippen molar-refractivity contribution in [3.05, 3.63) is 47.0 Å². The quantitative estimate of drug-likeness (QED) is 0.552. The molecule has 0 radical (unpaired) electrons. The molecule has 186 valence electrons. The molecule has 0 unspecified atom stereocenters. The molecule has 2 aromatic carbocycles. The molecular formula is C27H31NO7. The summed E-state index contributed by atoms with van der Waals surface area (Å²) in [7, 11) is 4.58. The Bertz CT molecular complexity index is 1150. The van der Waals surface area contributed by atoms with E-state index in [0.717, 1.165) is 5.56 Å². The second-order valence-corrected chi connectivity index (χ2v) is 9.07. The van der Waals surface area contributed by atoms with Crippen molar-refractivity contribution in [2.24, 2.45) is 0 Å². The molecule has 1 fully saturated rings. The van der Waals surface area contributed by atoms with Gasteiger partial charge in [-0.15, -0.1) is 0 Å². The molecule has 1 spiro atoms. The maximum Gasteiger partial charge on any atom is 0.223 e. The van der Waals surface area contributed by atoms with Crippen LogP contribution in [0.25, 0.3) is 0 Å². The summed E-state index contributed by atoms with van der Waals surface area (Å²) < 4.78 is 22.5. The highest BCUT2D eigenvalue weighted by molar-refractivity contribution is 6.02. The summed E-state index contributed by atoms with van der Waals surface area (Å²) in [5.74, 6) is 1.61. The Labute approximate surface area is 205 Å². The number of fused-ring (bicyclic) bond motifs is 1. The fourth-order valence-electron chi connectivity index (χ4n) is 4.86. The Balaban J connectivity index is 1.39. The van der Waals surface area contributed by atoms with Crippen LogP contribution in [0, 0.1) is 6.92 Å². The van der Waals surface area contributed by atoms with Crippen LogP contribution >= 0.6 is 0 Å². The number of rotatable bonds is 7. The number of ether oxygens (including phenoxy) is 4. The Hall–Kier alpha value is -3.55. The number of Topliss-reactive ketones (excluding diaryl/α,β-unsaturated/α-hetero) is 2. The fourth-order valence-corrected chi connectivity index (χ4v) is 4.86. The van der Waals surface area contributed by atoms with Gasteiger partial charge in [0.1, 0.15) is 11.4 Å². The second-order valence-electron chi connectivity index (χ2n) is 9.07. The molecule has 0 N–H and O–H groups in total. The second kappa shape index (κ2) is 9.98. The van der Waals surface area contributed by atoms with E-state index in [9.17, 15) is 14.4 Å². The summed E-state index contributed by atoms with van der Waals surface area (Å²) in [4.78, 5) is 40.3. The van der Waals surface area contributed by atoms with Gasteiger partial charge >= 0.3 is 0 Å². The van der Waals surface area contributed by atoms with E-state index in [-0.39, 0.29) is 36.7 Å². The Morgan fingerprint density at radius 3 is 2.31 bits per heavy atom. The monoisotopic (exact) mass is 481 g/mol. The fraction of sp³-hybridized carbons (Fsp3) is 0.444. The van der Waals surface area contributed by atoms with Gasteiger partial charge in [0.2, 0.25) is 11.7 Å². The number of amides is 1. The van der Waals surface area contributed by atoms with E-state index in [1.807, 2.05) is 13.0 Å². The highest BCUT2D eigenvalue weighted by Gasteiger charge is 2.45. The van der Waals surface area contributed by atoms with Crippen LogP contribution in [0.5, 0.6) is 23.0 Å². The van der Waals surface area contributed by atoms with Gasteiger partial charge in [0.15, 0.2) is 23.1 Å². The Morgan fingerprint density at radius 2 is 1.66 bits per heavy atom. The average molecular weight is 482 g/mol. The number of piperidine rings is 1. The summed E-state index contributed by atoms with van der Waals surface area (Å²) in [5.41, 5.74) is 1.25. The number of aryl methyl sites for hydroxylation is 1. The van der Waals surface area contributed by atoms with Gasteiger partial charge in [-0.2, -0.15) is 0 Å². The minimum Gasteiger partial charge on any atom is -0.496 e. The van der Waals surface area contributed by atoms with Crippen LogP contribution in [-0.2, 0) is 4.79 Å². The zero-order valence-electron chi connectivity index (χ0n) is 20.6. The van der Waals surface area contributed by atoms with Crippen molar-refractivity contribution >= 4 is 17.5 Å². The number of ketones is 2. The number of carbonyl (C=O) groups excluding carboxylic acids is 3. The van der Waals surface area contributed by atoms with Gasteiger partial charge in [-0.3, -0.25) is 14.4 Å². The molecule has 35 heavy (non-hydrogen) atoms. The minimum absolute atomic E-state index is 0.00956. The summed E-state index contributed by atoms with van der Waals surface area (Å²) >= 11 is 0. The smallest absolute Gasteiger partial charge is 0.223 e. The van der Waals surface area contributed by atoms with Crippen molar-refractivity contribution in [1.82, 2.24) is 4.90 Å². The van der Waals surface area contributed by atoms with Crippen LogP contribution in [0.1, 0.15) is 58.4 Å². The van der Waals surface area contributed by atoms with E-state index < -0.39 is 5.60 Å². The van der Waals surface area contributed by atoms with Crippen LogP contribution in [0.4, 0.5) is 0 Å². The van der Waals surface area contributed by atoms with Crippen LogP contribution in [-0.4, -0.2) is 62.4 Å². The zero-order valence-corrected chi connectivity index (χ0v) is 20.6. The summed E-state index contributed by atoms with van der Waals surface area (Å²) in [5, 5.41) is 0. The molecule has 1 saturated heterocycles. The van der Waals surface area contributed by atoms with Gasteiger partial charge in [0, 0.05) is 38.8 Å². The van der Waals surface area contributed by atoms with Gasteiger partial charge in [0.05, 0.1) is 38.9 Å². The topological polar surface area (TPSA) is 91.4 Å². The number of methoxy groups -OCH3 is 3. The van der Waals surface area contributed by atoms with Crippen molar-refractivity contribution in [1.29, 1.82) is 0 Å². The first-order valence-electron chi connectivity index (χ1n) is 11.7. The van der Waals surface area contributed by atoms with Gasteiger partial charge in [0.25, 0.3) is 0 Å². The molecule has 8 nitrogen and oxygen atoms in total. The largest absolute Gasteiger partial charge is 0.496 e. The molecular weight excluding hydrogens is 450 g/mol. The van der Waals surface area contributed by atoms with E-state index in [2.05, 4.69) is 0 Å². The third-order valence-corrected chi connectivity index (χ3v) is 6.85. The van der Waals surface area contributed by atoms with E-state index in [0.29, 0.717) is 60.1 Å². The molecule has 0 atom stereocenters. The Morgan fingerprint density at radius 1 is 0.971 bits per heavy atom. The third-order valence-electron chi connectivity index (χ3n) is 6.85. The number of hydrogen-bond acceptors (Lipinski definition) is 7. The van der Waals surface area contributed by atoms with E-state index in [4.69, 9.17) is 18.9 Å². The Kier molecular flexibility index (Phi) is 7.00. The number of likely N-dealkylation sites (tertiary alicyclic amines) is 1. The first-order valence-corrected chi connectivity index (χ1v) is 11.7. The minimum atomic E-state index is -0.689. The maximum absolute atomic E-state index is 12.9. The zero-order chi connectivity index (χ0) is 25.2. The predicted molar refractivity (Wildman–Crippen MR) is 129 cm³/mol. The molecule has 2 heterocycles. The van der Waals surface area contributed by atoms with Crippen LogP contribution in [0.3, 0.4) is 0 Å². The van der Waals surface area contributed by atoms with E-state index >= 15 is 0 Å². The highest BCUT2D eigenvalue weighted by Crippen LogP contribution is 2.47. The lowest BCUT2D eigenvalue weighted by Crippen LogP contribution is -2.52. The van der Waals surface area contributed by atoms with Gasteiger partial charge in [-0.25, -0.2) is 0 Å². The maximum atomic E-state index is 12.9.